The number of nitrogens with zero attached hydrogens (tertiary/aromatic N) is 1. The van der Waals surface area contributed by atoms with E-state index < -0.39 is 0 Å². The van der Waals surface area contributed by atoms with Gasteiger partial charge in [0.25, 0.3) is 0 Å². The van der Waals surface area contributed by atoms with Crippen molar-refractivity contribution in [3.63, 3.8) is 0 Å². The zero-order valence-electron chi connectivity index (χ0n) is 10.8. The zero-order chi connectivity index (χ0) is 13.7. The van der Waals surface area contributed by atoms with Gasteiger partial charge in [-0.15, -0.1) is 11.8 Å². The van der Waals surface area contributed by atoms with E-state index in [1.54, 1.807) is 11.8 Å². The van der Waals surface area contributed by atoms with Gasteiger partial charge < -0.3 is 10.6 Å². The molecule has 0 aromatic heterocycles. The van der Waals surface area contributed by atoms with E-state index >= 15 is 0 Å². The highest BCUT2D eigenvalue weighted by molar-refractivity contribution is 7.99. The number of thiocarbonyl (C=S) groups is 1. The maximum Gasteiger partial charge on any atom is 0.232 e. The quantitative estimate of drug-likeness (QED) is 0.846. The maximum atomic E-state index is 11.9. The Labute approximate surface area is 123 Å². The van der Waals surface area contributed by atoms with E-state index in [0.29, 0.717) is 10.7 Å². The maximum absolute atomic E-state index is 11.9. The smallest absolute Gasteiger partial charge is 0.232 e. The molecule has 1 aliphatic rings. The summed E-state index contributed by atoms with van der Waals surface area (Å²) >= 11 is 6.57. The van der Waals surface area contributed by atoms with Gasteiger partial charge in [0.15, 0.2) is 0 Å². The third-order valence-corrected chi connectivity index (χ3v) is 4.42. The minimum absolute atomic E-state index is 0.266. The van der Waals surface area contributed by atoms with Crippen molar-refractivity contribution in [1.82, 2.24) is 4.90 Å². The van der Waals surface area contributed by atoms with E-state index in [0.717, 1.165) is 37.2 Å². The zero-order valence-corrected chi connectivity index (χ0v) is 12.4. The number of carbonyl (C=O) groups excluding carboxylic acids is 1. The summed E-state index contributed by atoms with van der Waals surface area (Å²) in [6.07, 6.45) is 2.30. The fourth-order valence-electron chi connectivity index (χ4n) is 2.08. The largest absolute Gasteiger partial charge is 0.389 e. The second-order valence-corrected chi connectivity index (χ2v) is 6.07. The van der Waals surface area contributed by atoms with Gasteiger partial charge in [0.2, 0.25) is 5.91 Å². The Morgan fingerprint density at radius 2 is 1.89 bits per heavy atom. The lowest BCUT2D eigenvalue weighted by atomic mass is 10.1. The van der Waals surface area contributed by atoms with Crippen LogP contribution in [0.25, 0.3) is 0 Å². The Hall–Kier alpha value is -1.07. The van der Waals surface area contributed by atoms with E-state index in [1.165, 1.54) is 5.56 Å². The molecule has 0 spiro atoms. The van der Waals surface area contributed by atoms with Crippen LogP contribution in [0.3, 0.4) is 0 Å². The molecule has 1 aromatic carbocycles. The molecule has 1 heterocycles. The third-order valence-electron chi connectivity index (χ3n) is 3.19. The van der Waals surface area contributed by atoms with E-state index in [1.807, 2.05) is 29.2 Å². The topological polar surface area (TPSA) is 46.3 Å². The van der Waals surface area contributed by atoms with E-state index in [9.17, 15) is 4.79 Å². The summed E-state index contributed by atoms with van der Waals surface area (Å²) in [5, 5.41) is 0. The standard InChI is InChI=1S/C14H18N2OS2/c15-14(18)12-5-3-11(4-6-12)9-19-10-13(17)16-7-1-2-8-16/h3-6H,1-2,7-10H2,(H2,15,18). The average molecular weight is 294 g/mol. The minimum atomic E-state index is 0.266. The monoisotopic (exact) mass is 294 g/mol. The first kappa shape index (κ1) is 14.3. The molecular weight excluding hydrogens is 276 g/mol. The molecule has 1 aliphatic heterocycles. The fourth-order valence-corrected chi connectivity index (χ4v) is 3.10. The van der Waals surface area contributed by atoms with E-state index in [4.69, 9.17) is 18.0 Å². The molecule has 0 saturated carbocycles. The van der Waals surface area contributed by atoms with Gasteiger partial charge in [-0.3, -0.25) is 4.79 Å². The summed E-state index contributed by atoms with van der Waals surface area (Å²) in [6.45, 7) is 1.87. The second kappa shape index (κ2) is 6.91. The Balaban J connectivity index is 1.75. The highest BCUT2D eigenvalue weighted by atomic mass is 32.2. The normalized spacial score (nSPS) is 14.6. The molecule has 1 amide bonds. The molecule has 0 atom stereocenters. The first-order valence-electron chi connectivity index (χ1n) is 6.41. The predicted molar refractivity (Wildman–Crippen MR) is 84.3 cm³/mol. The van der Waals surface area contributed by atoms with Gasteiger partial charge in [-0.05, 0) is 18.4 Å². The van der Waals surface area contributed by atoms with Gasteiger partial charge in [-0.2, -0.15) is 0 Å². The van der Waals surface area contributed by atoms with Crippen LogP contribution >= 0.6 is 24.0 Å². The summed E-state index contributed by atoms with van der Waals surface area (Å²) in [6, 6.07) is 7.89. The summed E-state index contributed by atoms with van der Waals surface area (Å²) in [4.78, 5) is 14.2. The summed E-state index contributed by atoms with van der Waals surface area (Å²) in [7, 11) is 0. The van der Waals surface area contributed by atoms with Crippen molar-refractivity contribution in [2.45, 2.75) is 18.6 Å². The van der Waals surface area contributed by atoms with Gasteiger partial charge in [-0.1, -0.05) is 36.5 Å². The average Bonchev–Trinajstić information content (AvgIpc) is 2.93. The van der Waals surface area contributed by atoms with E-state index in [2.05, 4.69) is 0 Å². The summed E-state index contributed by atoms with van der Waals surface area (Å²) < 4.78 is 0. The lowest BCUT2D eigenvalue weighted by Crippen LogP contribution is -2.29. The SMILES string of the molecule is NC(=S)c1ccc(CSCC(=O)N2CCCC2)cc1. The molecule has 0 unspecified atom stereocenters. The van der Waals surface area contributed by atoms with Crippen molar-refractivity contribution in [2.24, 2.45) is 5.73 Å². The van der Waals surface area contributed by atoms with Crippen LogP contribution in [0, 0.1) is 0 Å². The molecule has 2 rings (SSSR count). The number of amides is 1. The number of thioether (sulfide) groups is 1. The van der Waals surface area contributed by atoms with Crippen molar-refractivity contribution in [1.29, 1.82) is 0 Å². The predicted octanol–water partition coefficient (Wildman–Crippen LogP) is 2.18. The highest BCUT2D eigenvalue weighted by Gasteiger charge is 2.17. The molecule has 102 valence electrons. The van der Waals surface area contributed by atoms with Crippen LogP contribution in [-0.2, 0) is 10.5 Å². The molecule has 2 N–H and O–H groups in total. The molecule has 1 aromatic rings. The summed E-state index contributed by atoms with van der Waals surface area (Å²) in [5.74, 6) is 1.68. The van der Waals surface area contributed by atoms with Crippen LogP contribution in [0.15, 0.2) is 24.3 Å². The molecule has 0 bridgehead atoms. The van der Waals surface area contributed by atoms with Crippen molar-refractivity contribution >= 4 is 34.9 Å². The molecule has 1 fully saturated rings. The molecule has 3 nitrogen and oxygen atoms in total. The highest BCUT2D eigenvalue weighted by Crippen LogP contribution is 2.15. The van der Waals surface area contributed by atoms with Gasteiger partial charge in [-0.25, -0.2) is 0 Å². The number of likely N-dealkylation sites (tertiary alicyclic amines) is 1. The Morgan fingerprint density at radius 3 is 2.47 bits per heavy atom. The van der Waals surface area contributed by atoms with Gasteiger partial charge in [0.05, 0.1) is 5.75 Å². The van der Waals surface area contributed by atoms with E-state index in [-0.39, 0.29) is 5.91 Å². The van der Waals surface area contributed by atoms with Gasteiger partial charge >= 0.3 is 0 Å². The number of hydrogen-bond donors (Lipinski definition) is 1. The molecule has 0 aliphatic carbocycles. The van der Waals surface area contributed by atoms with Crippen molar-refractivity contribution in [2.75, 3.05) is 18.8 Å². The number of benzene rings is 1. The Bertz CT molecular complexity index is 453. The number of carbonyl (C=O) groups is 1. The van der Waals surface area contributed by atoms with Crippen LogP contribution in [0.4, 0.5) is 0 Å². The lowest BCUT2D eigenvalue weighted by molar-refractivity contribution is -0.127. The minimum Gasteiger partial charge on any atom is -0.389 e. The van der Waals surface area contributed by atoms with Crippen LogP contribution in [-0.4, -0.2) is 34.6 Å². The van der Waals surface area contributed by atoms with Crippen LogP contribution in [0.1, 0.15) is 24.0 Å². The summed E-state index contributed by atoms with van der Waals surface area (Å²) in [5.41, 5.74) is 7.63. The number of nitrogens with two attached hydrogens (primary N) is 1. The first-order valence-corrected chi connectivity index (χ1v) is 7.97. The van der Waals surface area contributed by atoms with Crippen LogP contribution < -0.4 is 5.73 Å². The van der Waals surface area contributed by atoms with Crippen molar-refractivity contribution < 1.29 is 4.79 Å². The van der Waals surface area contributed by atoms with Gasteiger partial charge in [0.1, 0.15) is 4.99 Å². The van der Waals surface area contributed by atoms with Crippen LogP contribution in [0.2, 0.25) is 0 Å². The molecule has 0 radical (unpaired) electrons. The van der Waals surface area contributed by atoms with Gasteiger partial charge in [0, 0.05) is 24.4 Å². The molecule has 5 heteroatoms. The second-order valence-electron chi connectivity index (χ2n) is 4.64. The molecule has 19 heavy (non-hydrogen) atoms. The lowest BCUT2D eigenvalue weighted by Gasteiger charge is -2.14. The Kier molecular flexibility index (Phi) is 5.22. The Morgan fingerprint density at radius 1 is 1.26 bits per heavy atom. The first-order chi connectivity index (χ1) is 9.16. The molecule has 1 saturated heterocycles. The van der Waals surface area contributed by atoms with Crippen molar-refractivity contribution in [3.8, 4) is 0 Å². The van der Waals surface area contributed by atoms with Crippen molar-refractivity contribution in [3.05, 3.63) is 35.4 Å². The fraction of sp³-hybridized carbons (Fsp3) is 0.429. The van der Waals surface area contributed by atoms with Crippen LogP contribution in [0.5, 0.6) is 0 Å². The number of hydrogen-bond acceptors (Lipinski definition) is 3. The molecular formula is C14H18N2OS2. The third kappa shape index (κ3) is 4.21. The number of rotatable bonds is 5.